The Morgan fingerprint density at radius 3 is 2.14 bits per heavy atom. The molecule has 0 amide bonds. The minimum Gasteiger partial charge on any atom is -0.380 e. The lowest BCUT2D eigenvalue weighted by molar-refractivity contribution is -0.0674. The molecule has 21 heavy (non-hydrogen) atoms. The standard InChI is InChI=1S/C17H35NO3/c1-4-7-10-19-14-15-17(21-12-9-6-3)16(13-18-15)20-11-8-5-2/h15-18H,4-14H2,1-3H3. The van der Waals surface area contributed by atoms with Crippen LogP contribution in [0.4, 0.5) is 0 Å². The van der Waals surface area contributed by atoms with Crippen LogP contribution >= 0.6 is 0 Å². The van der Waals surface area contributed by atoms with Gasteiger partial charge in [0.05, 0.1) is 18.8 Å². The molecule has 3 atom stereocenters. The van der Waals surface area contributed by atoms with E-state index in [1.807, 2.05) is 0 Å². The van der Waals surface area contributed by atoms with Crippen LogP contribution in [0.25, 0.3) is 0 Å². The van der Waals surface area contributed by atoms with Gasteiger partial charge in [-0.1, -0.05) is 40.0 Å². The van der Waals surface area contributed by atoms with Crippen LogP contribution in [0.1, 0.15) is 59.3 Å². The van der Waals surface area contributed by atoms with Gasteiger partial charge in [0.25, 0.3) is 0 Å². The number of hydrogen-bond acceptors (Lipinski definition) is 4. The van der Waals surface area contributed by atoms with E-state index in [9.17, 15) is 0 Å². The second kappa shape index (κ2) is 12.4. The molecule has 126 valence electrons. The van der Waals surface area contributed by atoms with Crippen LogP contribution in [0.5, 0.6) is 0 Å². The highest BCUT2D eigenvalue weighted by molar-refractivity contribution is 4.93. The molecule has 1 fully saturated rings. The molecule has 1 aliphatic rings. The SMILES string of the molecule is CCCCOCC1NCC(OCCCC)C1OCCCC. The maximum absolute atomic E-state index is 6.09. The molecule has 4 heteroatoms. The van der Waals surface area contributed by atoms with Gasteiger partial charge in [-0.25, -0.2) is 0 Å². The summed E-state index contributed by atoms with van der Waals surface area (Å²) in [5, 5.41) is 3.51. The first kappa shape index (κ1) is 18.9. The van der Waals surface area contributed by atoms with E-state index < -0.39 is 0 Å². The summed E-state index contributed by atoms with van der Waals surface area (Å²) < 4.78 is 17.9. The highest BCUT2D eigenvalue weighted by Crippen LogP contribution is 2.17. The largest absolute Gasteiger partial charge is 0.380 e. The number of unbranched alkanes of at least 4 members (excludes halogenated alkanes) is 3. The first-order valence-corrected chi connectivity index (χ1v) is 8.87. The number of rotatable bonds is 13. The van der Waals surface area contributed by atoms with Crippen LogP contribution in [0, 0.1) is 0 Å². The summed E-state index contributed by atoms with van der Waals surface area (Å²) in [7, 11) is 0. The minimum absolute atomic E-state index is 0.134. The topological polar surface area (TPSA) is 39.7 Å². The fourth-order valence-electron chi connectivity index (χ4n) is 2.49. The molecule has 0 aromatic carbocycles. The van der Waals surface area contributed by atoms with Gasteiger partial charge in [0.2, 0.25) is 0 Å². The summed E-state index contributed by atoms with van der Waals surface area (Å²) in [5.74, 6) is 0. The van der Waals surface area contributed by atoms with Crippen molar-refractivity contribution in [2.75, 3.05) is 33.0 Å². The Bertz CT molecular complexity index is 238. The number of ether oxygens (including phenoxy) is 3. The van der Waals surface area contributed by atoms with E-state index in [2.05, 4.69) is 26.1 Å². The first-order chi connectivity index (χ1) is 10.3. The highest BCUT2D eigenvalue weighted by Gasteiger charge is 2.37. The molecule has 0 aliphatic carbocycles. The van der Waals surface area contributed by atoms with E-state index in [1.54, 1.807) is 0 Å². The summed E-state index contributed by atoms with van der Waals surface area (Å²) in [6.07, 6.45) is 7.19. The van der Waals surface area contributed by atoms with Crippen LogP contribution in [-0.2, 0) is 14.2 Å². The van der Waals surface area contributed by atoms with Gasteiger partial charge in [0.15, 0.2) is 0 Å². The van der Waals surface area contributed by atoms with Crippen molar-refractivity contribution >= 4 is 0 Å². The fraction of sp³-hybridized carbons (Fsp3) is 1.00. The smallest absolute Gasteiger partial charge is 0.102 e. The van der Waals surface area contributed by atoms with Crippen LogP contribution in [0.2, 0.25) is 0 Å². The summed E-state index contributed by atoms with van der Waals surface area (Å²) in [6, 6.07) is 0.269. The molecule has 1 aliphatic heterocycles. The van der Waals surface area contributed by atoms with Gasteiger partial charge in [0, 0.05) is 26.4 Å². The molecule has 1 N–H and O–H groups in total. The molecule has 0 aromatic heterocycles. The van der Waals surface area contributed by atoms with Gasteiger partial charge in [-0.3, -0.25) is 0 Å². The number of nitrogens with one attached hydrogen (secondary N) is 1. The zero-order valence-electron chi connectivity index (χ0n) is 14.2. The van der Waals surface area contributed by atoms with E-state index in [1.165, 1.54) is 19.3 Å². The molecule has 1 rings (SSSR count). The van der Waals surface area contributed by atoms with E-state index in [0.717, 1.165) is 52.2 Å². The van der Waals surface area contributed by atoms with Crippen molar-refractivity contribution in [3.63, 3.8) is 0 Å². The van der Waals surface area contributed by atoms with Gasteiger partial charge in [-0.15, -0.1) is 0 Å². The predicted octanol–water partition coefficient (Wildman–Crippen LogP) is 3.15. The Kier molecular flexibility index (Phi) is 11.1. The van der Waals surface area contributed by atoms with Crippen molar-refractivity contribution in [3.8, 4) is 0 Å². The van der Waals surface area contributed by atoms with Crippen molar-refractivity contribution in [2.45, 2.75) is 77.5 Å². The first-order valence-electron chi connectivity index (χ1n) is 8.87. The van der Waals surface area contributed by atoms with E-state index >= 15 is 0 Å². The molecule has 0 bridgehead atoms. The molecule has 1 saturated heterocycles. The molecule has 4 nitrogen and oxygen atoms in total. The molecule has 0 saturated carbocycles. The lowest BCUT2D eigenvalue weighted by Gasteiger charge is -2.24. The monoisotopic (exact) mass is 301 g/mol. The maximum atomic E-state index is 6.09. The normalized spacial score (nSPS) is 25.6. The van der Waals surface area contributed by atoms with Gasteiger partial charge in [-0.2, -0.15) is 0 Å². The van der Waals surface area contributed by atoms with Crippen LogP contribution < -0.4 is 5.32 Å². The van der Waals surface area contributed by atoms with Crippen molar-refractivity contribution in [3.05, 3.63) is 0 Å². The Morgan fingerprint density at radius 1 is 0.857 bits per heavy atom. The summed E-state index contributed by atoms with van der Waals surface area (Å²) >= 11 is 0. The average Bonchev–Trinajstić information content (AvgIpc) is 2.87. The third-order valence-electron chi connectivity index (χ3n) is 3.92. The molecule has 0 spiro atoms. The number of hydrogen-bond donors (Lipinski definition) is 1. The van der Waals surface area contributed by atoms with Crippen LogP contribution in [0.15, 0.2) is 0 Å². The lowest BCUT2D eigenvalue weighted by atomic mass is 10.1. The van der Waals surface area contributed by atoms with Gasteiger partial charge in [-0.05, 0) is 19.3 Å². The quantitative estimate of drug-likeness (QED) is 0.531. The Labute approximate surface area is 130 Å². The summed E-state index contributed by atoms with van der Waals surface area (Å²) in [6.45, 7) is 10.7. The molecule has 0 radical (unpaired) electrons. The second-order valence-corrected chi connectivity index (χ2v) is 5.89. The lowest BCUT2D eigenvalue weighted by Crippen LogP contribution is -2.40. The molecule has 3 unspecified atom stereocenters. The van der Waals surface area contributed by atoms with E-state index in [-0.39, 0.29) is 18.2 Å². The van der Waals surface area contributed by atoms with Gasteiger partial charge in [0.1, 0.15) is 6.10 Å². The third-order valence-corrected chi connectivity index (χ3v) is 3.92. The minimum atomic E-state index is 0.134. The fourth-order valence-corrected chi connectivity index (χ4v) is 2.49. The van der Waals surface area contributed by atoms with Crippen LogP contribution in [-0.4, -0.2) is 51.2 Å². The Balaban J connectivity index is 2.36. The molecule has 1 heterocycles. The molecular formula is C17H35NO3. The Morgan fingerprint density at radius 2 is 1.48 bits per heavy atom. The maximum Gasteiger partial charge on any atom is 0.102 e. The van der Waals surface area contributed by atoms with Crippen molar-refractivity contribution in [1.82, 2.24) is 5.32 Å². The average molecular weight is 301 g/mol. The zero-order valence-corrected chi connectivity index (χ0v) is 14.2. The molecule has 0 aromatic rings. The van der Waals surface area contributed by atoms with E-state index in [4.69, 9.17) is 14.2 Å². The zero-order chi connectivity index (χ0) is 15.3. The van der Waals surface area contributed by atoms with E-state index in [0.29, 0.717) is 0 Å². The second-order valence-electron chi connectivity index (χ2n) is 5.89. The van der Waals surface area contributed by atoms with Crippen LogP contribution in [0.3, 0.4) is 0 Å². The summed E-state index contributed by atoms with van der Waals surface area (Å²) in [4.78, 5) is 0. The highest BCUT2D eigenvalue weighted by atomic mass is 16.5. The van der Waals surface area contributed by atoms with Crippen molar-refractivity contribution in [2.24, 2.45) is 0 Å². The van der Waals surface area contributed by atoms with Gasteiger partial charge < -0.3 is 19.5 Å². The molecular weight excluding hydrogens is 266 g/mol. The van der Waals surface area contributed by atoms with Gasteiger partial charge >= 0.3 is 0 Å². The van der Waals surface area contributed by atoms with Crippen molar-refractivity contribution in [1.29, 1.82) is 0 Å². The Hall–Kier alpha value is -0.160. The van der Waals surface area contributed by atoms with Crippen molar-refractivity contribution < 1.29 is 14.2 Å². The third kappa shape index (κ3) is 7.59. The predicted molar refractivity (Wildman–Crippen MR) is 86.8 cm³/mol. The summed E-state index contributed by atoms with van der Waals surface area (Å²) in [5.41, 5.74) is 0.